The van der Waals surface area contributed by atoms with Gasteiger partial charge in [-0.2, -0.15) is 5.26 Å². The van der Waals surface area contributed by atoms with Crippen LogP contribution in [0.3, 0.4) is 0 Å². The molecular weight excluding hydrogens is 520 g/mol. The van der Waals surface area contributed by atoms with Gasteiger partial charge in [-0.3, -0.25) is 14.5 Å². The van der Waals surface area contributed by atoms with Crippen molar-refractivity contribution in [1.82, 2.24) is 29.4 Å². The summed E-state index contributed by atoms with van der Waals surface area (Å²) in [6.45, 7) is 3.33. The number of benzene rings is 1. The van der Waals surface area contributed by atoms with Gasteiger partial charge < -0.3 is 10.1 Å². The zero-order chi connectivity index (χ0) is 24.5. The molecule has 4 aromatic rings. The largest absolute Gasteiger partial charge is 0.472 e. The van der Waals surface area contributed by atoms with Crippen LogP contribution in [-0.2, 0) is 13.3 Å². The smallest absolute Gasteiger partial charge is 0.234 e. The summed E-state index contributed by atoms with van der Waals surface area (Å²) >= 11 is 3.72. The number of pyridine rings is 1. The van der Waals surface area contributed by atoms with Crippen LogP contribution in [0.15, 0.2) is 59.6 Å². The van der Waals surface area contributed by atoms with Gasteiger partial charge >= 0.3 is 0 Å². The minimum atomic E-state index is 0.193. The predicted octanol–water partition coefficient (Wildman–Crippen LogP) is 4.46. The lowest BCUT2D eigenvalue weighted by Gasteiger charge is -2.32. The zero-order valence-corrected chi connectivity index (χ0v) is 21.0. The van der Waals surface area contributed by atoms with E-state index in [9.17, 15) is 0 Å². The van der Waals surface area contributed by atoms with Gasteiger partial charge in [-0.1, -0.05) is 24.3 Å². The monoisotopic (exact) mass is 542 g/mol. The van der Waals surface area contributed by atoms with E-state index in [0.717, 1.165) is 65.5 Å². The molecule has 1 N–H and O–H groups in total. The maximum absolute atomic E-state index is 8.99. The number of aromatic nitrogens is 5. The summed E-state index contributed by atoms with van der Waals surface area (Å²) in [5, 5.41) is 12.4. The van der Waals surface area contributed by atoms with Crippen LogP contribution in [0.1, 0.15) is 24.2 Å². The van der Waals surface area contributed by atoms with Gasteiger partial charge in [0, 0.05) is 49.8 Å². The summed E-state index contributed by atoms with van der Waals surface area (Å²) in [5.41, 5.74) is 4.13. The molecule has 0 aliphatic carbocycles. The first-order valence-corrected chi connectivity index (χ1v) is 12.6. The molecule has 10 heteroatoms. The third-order valence-electron chi connectivity index (χ3n) is 6.61. The molecule has 5 heterocycles. The zero-order valence-electron chi connectivity index (χ0n) is 19.4. The lowest BCUT2D eigenvalue weighted by Crippen LogP contribution is -2.38. The molecule has 9 nitrogen and oxygen atoms in total. The minimum Gasteiger partial charge on any atom is -0.472 e. The van der Waals surface area contributed by atoms with Crippen LogP contribution in [0.25, 0.3) is 22.6 Å². The molecule has 0 saturated carbocycles. The van der Waals surface area contributed by atoms with Crippen molar-refractivity contribution in [2.75, 3.05) is 18.4 Å². The highest BCUT2D eigenvalue weighted by Crippen LogP contribution is 2.39. The molecule has 1 saturated heterocycles. The van der Waals surface area contributed by atoms with Crippen molar-refractivity contribution in [3.8, 4) is 34.5 Å². The number of nitrogens with one attached hydrogen (secondary N) is 1. The molecule has 0 unspecified atom stereocenters. The first-order valence-electron chi connectivity index (χ1n) is 11.8. The Kier molecular flexibility index (Phi) is 6.09. The number of nitrogens with zero attached hydrogens (tertiary/aromatic N) is 7. The lowest BCUT2D eigenvalue weighted by atomic mass is 10.0. The Morgan fingerprint density at radius 3 is 2.72 bits per heavy atom. The Bertz CT molecular complexity index is 1440. The molecule has 2 aliphatic heterocycles. The number of ether oxygens (including phenoxy) is 1. The maximum Gasteiger partial charge on any atom is 0.234 e. The third-order valence-corrected chi connectivity index (χ3v) is 7.41. The summed E-state index contributed by atoms with van der Waals surface area (Å²) in [6, 6.07) is 14.6. The average molecular weight is 543 g/mol. The van der Waals surface area contributed by atoms with Gasteiger partial charge in [-0.25, -0.2) is 15.0 Å². The van der Waals surface area contributed by atoms with Gasteiger partial charge in [0.2, 0.25) is 5.82 Å². The number of hydrogen-bond donors (Lipinski definition) is 1. The normalized spacial score (nSPS) is 15.4. The Morgan fingerprint density at radius 1 is 1.08 bits per heavy atom. The van der Waals surface area contributed by atoms with Gasteiger partial charge in [0.15, 0.2) is 6.73 Å². The van der Waals surface area contributed by atoms with Crippen LogP contribution in [0.4, 0.5) is 5.82 Å². The molecule has 6 rings (SSSR count). The SMILES string of the molecule is N#Cc1nccc(NC2CCN(Cc3ccc(-c4nc5n(c4Br)COc4ccncc4-5)cc3)CC2)n1. The van der Waals surface area contributed by atoms with Gasteiger partial charge in [0.25, 0.3) is 0 Å². The average Bonchev–Trinajstić information content (AvgIpc) is 3.27. The topological polar surface area (TPSA) is 105 Å². The Hall–Kier alpha value is -3.81. The van der Waals surface area contributed by atoms with Crippen LogP contribution in [0.2, 0.25) is 0 Å². The van der Waals surface area contributed by atoms with E-state index in [-0.39, 0.29) is 5.82 Å². The molecule has 2 aliphatic rings. The van der Waals surface area contributed by atoms with Crippen molar-refractivity contribution in [2.45, 2.75) is 32.2 Å². The molecule has 180 valence electrons. The van der Waals surface area contributed by atoms with Crippen molar-refractivity contribution in [3.05, 3.63) is 71.0 Å². The molecular formula is C26H23BrN8O. The molecule has 36 heavy (non-hydrogen) atoms. The Morgan fingerprint density at radius 2 is 1.92 bits per heavy atom. The molecule has 0 bridgehead atoms. The quantitative estimate of drug-likeness (QED) is 0.394. The van der Waals surface area contributed by atoms with E-state index in [4.69, 9.17) is 15.0 Å². The molecule has 3 aromatic heterocycles. The number of anilines is 1. The van der Waals surface area contributed by atoms with E-state index < -0.39 is 0 Å². The molecule has 0 amide bonds. The summed E-state index contributed by atoms with van der Waals surface area (Å²) in [4.78, 5) is 19.8. The van der Waals surface area contributed by atoms with E-state index >= 15 is 0 Å². The summed E-state index contributed by atoms with van der Waals surface area (Å²) < 4.78 is 8.78. The van der Waals surface area contributed by atoms with Gasteiger partial charge in [0.05, 0.1) is 5.56 Å². The second-order valence-corrected chi connectivity index (χ2v) is 9.67. The van der Waals surface area contributed by atoms with Crippen LogP contribution in [0.5, 0.6) is 5.75 Å². The lowest BCUT2D eigenvalue weighted by molar-refractivity contribution is 0.211. The first-order chi connectivity index (χ1) is 17.7. The highest BCUT2D eigenvalue weighted by Gasteiger charge is 2.25. The molecule has 0 radical (unpaired) electrons. The van der Waals surface area contributed by atoms with Crippen molar-refractivity contribution < 1.29 is 4.74 Å². The van der Waals surface area contributed by atoms with Crippen LogP contribution in [-0.4, -0.2) is 48.5 Å². The second kappa shape index (κ2) is 9.68. The molecule has 1 fully saturated rings. The summed E-state index contributed by atoms with van der Waals surface area (Å²) in [6.07, 6.45) is 7.19. The number of hydrogen-bond acceptors (Lipinski definition) is 8. The number of nitriles is 1. The van der Waals surface area contributed by atoms with Crippen LogP contribution < -0.4 is 10.1 Å². The van der Waals surface area contributed by atoms with Gasteiger partial charge in [-0.05, 0) is 46.5 Å². The van der Waals surface area contributed by atoms with E-state index in [1.807, 2.05) is 22.8 Å². The number of piperidine rings is 1. The van der Waals surface area contributed by atoms with Crippen molar-refractivity contribution in [1.29, 1.82) is 5.26 Å². The van der Waals surface area contributed by atoms with Crippen molar-refractivity contribution >= 4 is 21.7 Å². The highest BCUT2D eigenvalue weighted by molar-refractivity contribution is 9.10. The number of imidazole rings is 1. The standard InChI is InChI=1S/C26H23BrN8O/c27-25-24(33-26-20-14-29-9-5-21(20)36-16-35(25)26)18-3-1-17(2-4-18)15-34-11-7-19(8-12-34)31-22-6-10-30-23(13-28)32-22/h1-6,9-10,14,19H,7-8,11-12,15-16H2,(H,30,31,32). The van der Waals surface area contributed by atoms with Crippen molar-refractivity contribution in [3.63, 3.8) is 0 Å². The molecule has 1 aromatic carbocycles. The highest BCUT2D eigenvalue weighted by atomic mass is 79.9. The second-order valence-electron chi connectivity index (χ2n) is 8.92. The number of halogens is 1. The minimum absolute atomic E-state index is 0.193. The molecule has 0 spiro atoms. The summed E-state index contributed by atoms with van der Waals surface area (Å²) in [7, 11) is 0. The Labute approximate surface area is 216 Å². The fourth-order valence-corrected chi connectivity index (χ4v) is 5.30. The fraction of sp³-hybridized carbons (Fsp3) is 0.269. The van der Waals surface area contributed by atoms with Crippen molar-refractivity contribution in [2.24, 2.45) is 0 Å². The summed E-state index contributed by atoms with van der Waals surface area (Å²) in [5.74, 6) is 2.57. The molecule has 0 atom stereocenters. The van der Waals surface area contributed by atoms with Gasteiger partial charge in [0.1, 0.15) is 33.8 Å². The third kappa shape index (κ3) is 4.43. The number of likely N-dealkylation sites (tertiary alicyclic amines) is 1. The van der Waals surface area contributed by atoms with Gasteiger partial charge in [-0.15, -0.1) is 0 Å². The first kappa shape index (κ1) is 22.6. The van der Waals surface area contributed by atoms with Crippen LogP contribution >= 0.6 is 15.9 Å². The maximum atomic E-state index is 8.99. The van der Waals surface area contributed by atoms with E-state index in [2.05, 4.69) is 65.4 Å². The van der Waals surface area contributed by atoms with E-state index in [1.54, 1.807) is 18.6 Å². The Balaban J connectivity index is 1.09. The van der Waals surface area contributed by atoms with E-state index in [0.29, 0.717) is 18.6 Å². The number of rotatable bonds is 5. The van der Waals surface area contributed by atoms with E-state index in [1.165, 1.54) is 5.56 Å². The number of fused-ring (bicyclic) bond motifs is 3. The van der Waals surface area contributed by atoms with Crippen LogP contribution in [0, 0.1) is 11.3 Å². The predicted molar refractivity (Wildman–Crippen MR) is 138 cm³/mol. The fourth-order valence-electron chi connectivity index (χ4n) is 4.71.